The number of carbonyl (C=O) groups excluding carboxylic acids is 1. The van der Waals surface area contributed by atoms with E-state index in [0.29, 0.717) is 36.9 Å². The van der Waals surface area contributed by atoms with E-state index < -0.39 is 6.29 Å². The van der Waals surface area contributed by atoms with E-state index in [1.807, 2.05) is 32.1 Å². The average Bonchev–Trinajstić information content (AvgIpc) is 2.63. The van der Waals surface area contributed by atoms with Gasteiger partial charge in [-0.2, -0.15) is 0 Å². The highest BCUT2D eigenvalue weighted by Gasteiger charge is 2.15. The number of methoxy groups -OCH3 is 3. The zero-order valence-electron chi connectivity index (χ0n) is 15.7. The van der Waals surface area contributed by atoms with Gasteiger partial charge in [-0.25, -0.2) is 0 Å². The van der Waals surface area contributed by atoms with Crippen LogP contribution in [0.1, 0.15) is 25.8 Å². The lowest BCUT2D eigenvalue weighted by molar-refractivity contribution is -0.162. The van der Waals surface area contributed by atoms with Gasteiger partial charge >= 0.3 is 0 Å². The molecule has 0 atom stereocenters. The molecule has 1 aromatic rings. The van der Waals surface area contributed by atoms with Gasteiger partial charge in [-0.3, -0.25) is 4.79 Å². The highest BCUT2D eigenvalue weighted by Crippen LogP contribution is 2.38. The van der Waals surface area contributed by atoms with Gasteiger partial charge in [0.05, 0.1) is 21.3 Å². The summed E-state index contributed by atoms with van der Waals surface area (Å²) in [6, 6.07) is 3.81. The minimum atomic E-state index is -0.826. The molecule has 1 aromatic carbocycles. The van der Waals surface area contributed by atoms with E-state index in [0.717, 1.165) is 12.0 Å². The number of hydrogen-bond acceptors (Lipinski definition) is 6. The van der Waals surface area contributed by atoms with Crippen molar-refractivity contribution in [3.05, 3.63) is 29.8 Å². The van der Waals surface area contributed by atoms with Crippen molar-refractivity contribution in [1.29, 1.82) is 0 Å². The summed E-state index contributed by atoms with van der Waals surface area (Å²) >= 11 is 0. The Balaban J connectivity index is 2.70. The molecule has 6 nitrogen and oxygen atoms in total. The summed E-state index contributed by atoms with van der Waals surface area (Å²) in [5.74, 6) is 1.61. The van der Waals surface area contributed by atoms with Crippen LogP contribution in [0, 0.1) is 0 Å². The Morgan fingerprint density at radius 3 is 2.00 bits per heavy atom. The van der Waals surface area contributed by atoms with Crippen molar-refractivity contribution in [2.24, 2.45) is 0 Å². The molecule has 0 spiro atoms. The van der Waals surface area contributed by atoms with Crippen molar-refractivity contribution in [3.8, 4) is 17.2 Å². The van der Waals surface area contributed by atoms with E-state index in [1.165, 1.54) is 6.08 Å². The molecule has 0 saturated heterocycles. The molecule has 0 N–H and O–H groups in total. The maximum Gasteiger partial charge on any atom is 0.221 e. The lowest BCUT2D eigenvalue weighted by Crippen LogP contribution is -2.26. The van der Waals surface area contributed by atoms with E-state index in [4.69, 9.17) is 23.7 Å². The lowest BCUT2D eigenvalue weighted by Gasteiger charge is -2.14. The molecule has 25 heavy (non-hydrogen) atoms. The first-order valence-corrected chi connectivity index (χ1v) is 8.33. The summed E-state index contributed by atoms with van der Waals surface area (Å²) in [5.41, 5.74) is 1.03. The fraction of sp³-hybridized carbons (Fsp3) is 0.526. The number of hydrogen-bond donors (Lipinski definition) is 0. The minimum absolute atomic E-state index is 0.186. The smallest absolute Gasteiger partial charge is 0.221 e. The normalized spacial score (nSPS) is 11.1. The fourth-order valence-corrected chi connectivity index (χ4v) is 2.32. The van der Waals surface area contributed by atoms with E-state index in [-0.39, 0.29) is 5.78 Å². The Labute approximate surface area is 149 Å². The highest BCUT2D eigenvalue weighted by molar-refractivity contribution is 5.92. The SMILES string of the molecule is CCOC(OCC)C(=O)C=CCCc1cc(OC)c(OC)c(OC)c1. The summed E-state index contributed by atoms with van der Waals surface area (Å²) in [4.78, 5) is 12.0. The third-order valence-electron chi connectivity index (χ3n) is 3.47. The Morgan fingerprint density at radius 2 is 1.56 bits per heavy atom. The summed E-state index contributed by atoms with van der Waals surface area (Å²) < 4.78 is 26.5. The van der Waals surface area contributed by atoms with Crippen molar-refractivity contribution in [2.45, 2.75) is 33.0 Å². The Morgan fingerprint density at radius 1 is 1.00 bits per heavy atom. The quantitative estimate of drug-likeness (QED) is 0.425. The largest absolute Gasteiger partial charge is 0.493 e. The van der Waals surface area contributed by atoms with Crippen LogP contribution < -0.4 is 14.2 Å². The first-order valence-electron chi connectivity index (χ1n) is 8.33. The number of ether oxygens (including phenoxy) is 5. The van der Waals surface area contributed by atoms with Crippen LogP contribution in [-0.2, 0) is 20.7 Å². The number of carbonyl (C=O) groups is 1. The topological polar surface area (TPSA) is 63.2 Å². The molecule has 0 heterocycles. The lowest BCUT2D eigenvalue weighted by atomic mass is 10.1. The predicted octanol–water partition coefficient (Wildman–Crippen LogP) is 3.17. The first-order chi connectivity index (χ1) is 12.1. The molecular weight excluding hydrogens is 324 g/mol. The zero-order chi connectivity index (χ0) is 18.7. The van der Waals surface area contributed by atoms with Crippen molar-refractivity contribution in [3.63, 3.8) is 0 Å². The highest BCUT2D eigenvalue weighted by atomic mass is 16.7. The van der Waals surface area contributed by atoms with Crippen LogP contribution in [0.2, 0.25) is 0 Å². The molecule has 0 amide bonds. The second kappa shape index (κ2) is 11.5. The maximum atomic E-state index is 12.0. The second-order valence-corrected chi connectivity index (χ2v) is 5.12. The van der Waals surface area contributed by atoms with Gasteiger partial charge in [0.1, 0.15) is 0 Å². The number of benzene rings is 1. The first kappa shape index (κ1) is 21.0. The molecule has 0 aliphatic heterocycles. The van der Waals surface area contributed by atoms with Crippen molar-refractivity contribution in [1.82, 2.24) is 0 Å². The van der Waals surface area contributed by atoms with Crippen molar-refractivity contribution < 1.29 is 28.5 Å². The van der Waals surface area contributed by atoms with Crippen LogP contribution in [0.15, 0.2) is 24.3 Å². The van der Waals surface area contributed by atoms with Gasteiger partial charge in [0.25, 0.3) is 0 Å². The van der Waals surface area contributed by atoms with Gasteiger partial charge < -0.3 is 23.7 Å². The molecule has 0 aromatic heterocycles. The van der Waals surface area contributed by atoms with Gasteiger partial charge in [-0.1, -0.05) is 6.08 Å². The minimum Gasteiger partial charge on any atom is -0.493 e. The standard InChI is InChI=1S/C19H28O6/c1-6-24-19(25-7-2)15(20)11-9-8-10-14-12-16(21-3)18(23-5)17(13-14)22-4/h9,11-13,19H,6-8,10H2,1-5H3. The molecule has 1 rings (SSSR count). The molecule has 140 valence electrons. The molecule has 0 bridgehead atoms. The molecule has 0 aliphatic carbocycles. The van der Waals surface area contributed by atoms with E-state index in [2.05, 4.69) is 0 Å². The molecule has 0 unspecified atom stereocenters. The van der Waals surface area contributed by atoms with Crippen molar-refractivity contribution in [2.75, 3.05) is 34.5 Å². The third-order valence-corrected chi connectivity index (χ3v) is 3.47. The van der Waals surface area contributed by atoms with Crippen LogP contribution in [0.3, 0.4) is 0 Å². The maximum absolute atomic E-state index is 12.0. The number of aryl methyl sites for hydroxylation is 1. The summed E-state index contributed by atoms with van der Waals surface area (Å²) in [5, 5.41) is 0. The van der Waals surface area contributed by atoms with E-state index >= 15 is 0 Å². The Bertz CT molecular complexity index is 536. The van der Waals surface area contributed by atoms with Gasteiger partial charge in [-0.05, 0) is 50.5 Å². The summed E-state index contributed by atoms with van der Waals surface area (Å²) in [6.45, 7) is 4.51. The second-order valence-electron chi connectivity index (χ2n) is 5.12. The fourth-order valence-electron chi connectivity index (χ4n) is 2.32. The Hall–Kier alpha value is -2.05. The molecular formula is C19H28O6. The number of rotatable bonds is 12. The summed E-state index contributed by atoms with van der Waals surface area (Å²) in [7, 11) is 4.74. The van der Waals surface area contributed by atoms with E-state index in [9.17, 15) is 4.79 Å². The Kier molecular flexibility index (Phi) is 9.65. The predicted molar refractivity (Wildman–Crippen MR) is 95.6 cm³/mol. The van der Waals surface area contributed by atoms with Crippen LogP contribution in [0.4, 0.5) is 0 Å². The molecule has 0 fully saturated rings. The van der Waals surface area contributed by atoms with Crippen LogP contribution >= 0.6 is 0 Å². The van der Waals surface area contributed by atoms with Gasteiger partial charge in [-0.15, -0.1) is 0 Å². The zero-order valence-corrected chi connectivity index (χ0v) is 15.7. The average molecular weight is 352 g/mol. The van der Waals surface area contributed by atoms with Gasteiger partial charge in [0.2, 0.25) is 17.8 Å². The summed E-state index contributed by atoms with van der Waals surface area (Å²) in [6.07, 6.45) is 3.92. The van der Waals surface area contributed by atoms with Crippen LogP contribution in [-0.4, -0.2) is 46.6 Å². The monoisotopic (exact) mass is 352 g/mol. The molecule has 0 saturated carbocycles. The van der Waals surface area contributed by atoms with Crippen LogP contribution in [0.5, 0.6) is 17.2 Å². The van der Waals surface area contributed by atoms with Crippen molar-refractivity contribution >= 4 is 5.78 Å². The van der Waals surface area contributed by atoms with Gasteiger partial charge in [0, 0.05) is 13.2 Å². The van der Waals surface area contributed by atoms with Crippen LogP contribution in [0.25, 0.3) is 0 Å². The van der Waals surface area contributed by atoms with Gasteiger partial charge in [0.15, 0.2) is 11.5 Å². The molecule has 6 heteroatoms. The third kappa shape index (κ3) is 6.40. The molecule has 0 radical (unpaired) electrons. The number of ketones is 1. The molecule has 0 aliphatic rings. The van der Waals surface area contributed by atoms with E-state index in [1.54, 1.807) is 21.3 Å². The number of allylic oxidation sites excluding steroid dienone is 1.